The van der Waals surface area contributed by atoms with Crippen LogP contribution in [0.5, 0.6) is 0 Å². The largest absolute Gasteiger partial charge is 0.379 e. The lowest BCUT2D eigenvalue weighted by molar-refractivity contribution is 0.0337. The summed E-state index contributed by atoms with van der Waals surface area (Å²) in [6.07, 6.45) is 2.67. The van der Waals surface area contributed by atoms with Gasteiger partial charge < -0.3 is 10.1 Å². The molecule has 2 heteroatoms. The molecule has 0 bridgehead atoms. The van der Waals surface area contributed by atoms with Gasteiger partial charge in [-0.05, 0) is 32.3 Å². The first-order valence-corrected chi connectivity index (χ1v) is 6.56. The summed E-state index contributed by atoms with van der Waals surface area (Å²) < 4.78 is 5.68. The monoisotopic (exact) mass is 233 g/mol. The molecule has 0 spiro atoms. The molecule has 1 aromatic carbocycles. The molecule has 0 saturated carbocycles. The molecule has 0 radical (unpaired) electrons. The molecule has 1 aliphatic heterocycles. The molecule has 0 amide bonds. The van der Waals surface area contributed by atoms with Gasteiger partial charge in [-0.2, -0.15) is 0 Å². The topological polar surface area (TPSA) is 21.3 Å². The van der Waals surface area contributed by atoms with Crippen LogP contribution in [0.1, 0.15) is 25.8 Å². The number of rotatable bonds is 6. The molecule has 1 fully saturated rings. The van der Waals surface area contributed by atoms with Gasteiger partial charge in [-0.25, -0.2) is 0 Å². The van der Waals surface area contributed by atoms with E-state index in [1.807, 2.05) is 0 Å². The maximum Gasteiger partial charge on any atom is 0.0518 e. The SMILES string of the molecule is CC(C)OCCC1(Cc2ccccc2)CNC1. The van der Waals surface area contributed by atoms with Gasteiger partial charge in [-0.3, -0.25) is 0 Å². The van der Waals surface area contributed by atoms with Crippen molar-refractivity contribution in [3.63, 3.8) is 0 Å². The van der Waals surface area contributed by atoms with Crippen LogP contribution in [0.2, 0.25) is 0 Å². The minimum atomic E-state index is 0.344. The molecule has 0 aromatic heterocycles. The van der Waals surface area contributed by atoms with Crippen molar-refractivity contribution in [2.75, 3.05) is 19.7 Å². The Morgan fingerprint density at radius 3 is 2.47 bits per heavy atom. The van der Waals surface area contributed by atoms with Gasteiger partial charge in [-0.1, -0.05) is 30.3 Å². The molecule has 1 aliphatic rings. The van der Waals surface area contributed by atoms with Crippen molar-refractivity contribution in [1.29, 1.82) is 0 Å². The van der Waals surface area contributed by atoms with Crippen LogP contribution in [0.25, 0.3) is 0 Å². The van der Waals surface area contributed by atoms with Gasteiger partial charge in [0.2, 0.25) is 0 Å². The minimum absolute atomic E-state index is 0.344. The lowest BCUT2D eigenvalue weighted by Crippen LogP contribution is -2.55. The minimum Gasteiger partial charge on any atom is -0.379 e. The molecule has 0 unspecified atom stereocenters. The summed E-state index contributed by atoms with van der Waals surface area (Å²) in [5.41, 5.74) is 1.87. The fourth-order valence-corrected chi connectivity index (χ4v) is 2.41. The average molecular weight is 233 g/mol. The average Bonchev–Trinajstić information content (AvgIpc) is 2.26. The highest BCUT2D eigenvalue weighted by Gasteiger charge is 2.36. The molecule has 1 heterocycles. The molecule has 2 nitrogen and oxygen atoms in total. The molecule has 1 saturated heterocycles. The van der Waals surface area contributed by atoms with E-state index in [2.05, 4.69) is 49.5 Å². The predicted molar refractivity (Wildman–Crippen MR) is 71.2 cm³/mol. The van der Waals surface area contributed by atoms with Gasteiger partial charge in [0.1, 0.15) is 0 Å². The molecule has 0 aliphatic carbocycles. The first-order chi connectivity index (χ1) is 8.20. The second-order valence-electron chi connectivity index (χ2n) is 5.44. The maximum atomic E-state index is 5.68. The lowest BCUT2D eigenvalue weighted by Gasteiger charge is -2.43. The zero-order valence-electron chi connectivity index (χ0n) is 10.9. The Labute approximate surface area is 104 Å². The molecule has 1 aromatic rings. The summed E-state index contributed by atoms with van der Waals surface area (Å²) in [5, 5.41) is 3.40. The van der Waals surface area contributed by atoms with E-state index < -0.39 is 0 Å². The summed E-state index contributed by atoms with van der Waals surface area (Å²) in [7, 11) is 0. The van der Waals surface area contributed by atoms with Crippen LogP contribution in [0.3, 0.4) is 0 Å². The van der Waals surface area contributed by atoms with Gasteiger partial charge in [0.25, 0.3) is 0 Å². The highest BCUT2D eigenvalue weighted by atomic mass is 16.5. The summed E-state index contributed by atoms with van der Waals surface area (Å²) in [5.74, 6) is 0. The smallest absolute Gasteiger partial charge is 0.0518 e. The van der Waals surface area contributed by atoms with Crippen molar-refractivity contribution >= 4 is 0 Å². The van der Waals surface area contributed by atoms with Gasteiger partial charge in [-0.15, -0.1) is 0 Å². The van der Waals surface area contributed by atoms with Crippen LogP contribution in [-0.2, 0) is 11.2 Å². The Bertz CT molecular complexity index is 330. The van der Waals surface area contributed by atoms with Crippen LogP contribution < -0.4 is 5.32 Å². The van der Waals surface area contributed by atoms with Crippen LogP contribution >= 0.6 is 0 Å². The predicted octanol–water partition coefficient (Wildman–Crippen LogP) is 2.63. The number of hydrogen-bond acceptors (Lipinski definition) is 2. The second kappa shape index (κ2) is 5.65. The third kappa shape index (κ3) is 3.55. The summed E-state index contributed by atoms with van der Waals surface area (Å²) in [4.78, 5) is 0. The van der Waals surface area contributed by atoms with E-state index in [4.69, 9.17) is 4.74 Å². The first kappa shape index (κ1) is 12.6. The molecular formula is C15H23NO. The highest BCUT2D eigenvalue weighted by Crippen LogP contribution is 2.31. The molecule has 2 rings (SSSR count). The summed E-state index contributed by atoms with van der Waals surface area (Å²) >= 11 is 0. The second-order valence-corrected chi connectivity index (χ2v) is 5.44. The number of hydrogen-bond donors (Lipinski definition) is 1. The van der Waals surface area contributed by atoms with E-state index in [0.29, 0.717) is 11.5 Å². The van der Waals surface area contributed by atoms with Gasteiger partial charge >= 0.3 is 0 Å². The van der Waals surface area contributed by atoms with Crippen molar-refractivity contribution in [1.82, 2.24) is 5.32 Å². The van der Waals surface area contributed by atoms with Gasteiger partial charge in [0.05, 0.1) is 6.10 Å². The van der Waals surface area contributed by atoms with Gasteiger partial charge in [0.15, 0.2) is 0 Å². The number of ether oxygens (including phenoxy) is 1. The van der Waals surface area contributed by atoms with E-state index in [1.54, 1.807) is 0 Å². The van der Waals surface area contributed by atoms with Gasteiger partial charge in [0, 0.05) is 25.1 Å². The van der Waals surface area contributed by atoms with Crippen molar-refractivity contribution < 1.29 is 4.74 Å². The molecule has 0 atom stereocenters. The Kier molecular flexibility index (Phi) is 4.19. The Hall–Kier alpha value is -0.860. The fourth-order valence-electron chi connectivity index (χ4n) is 2.41. The fraction of sp³-hybridized carbons (Fsp3) is 0.600. The van der Waals surface area contributed by atoms with Crippen LogP contribution in [0.4, 0.5) is 0 Å². The van der Waals surface area contributed by atoms with E-state index in [1.165, 1.54) is 12.0 Å². The summed E-state index contributed by atoms with van der Waals surface area (Å²) in [6, 6.07) is 10.8. The zero-order valence-corrected chi connectivity index (χ0v) is 10.9. The van der Waals surface area contributed by atoms with E-state index in [0.717, 1.165) is 26.1 Å². The van der Waals surface area contributed by atoms with Crippen LogP contribution in [-0.4, -0.2) is 25.8 Å². The van der Waals surface area contributed by atoms with Crippen molar-refractivity contribution in [2.45, 2.75) is 32.8 Å². The molecule has 17 heavy (non-hydrogen) atoms. The van der Waals surface area contributed by atoms with Crippen LogP contribution in [0, 0.1) is 5.41 Å². The number of benzene rings is 1. The third-order valence-electron chi connectivity index (χ3n) is 3.51. The number of nitrogens with one attached hydrogen (secondary N) is 1. The molecule has 94 valence electrons. The lowest BCUT2D eigenvalue weighted by atomic mass is 9.74. The normalized spacial score (nSPS) is 18.1. The van der Waals surface area contributed by atoms with Crippen LogP contribution in [0.15, 0.2) is 30.3 Å². The third-order valence-corrected chi connectivity index (χ3v) is 3.51. The maximum absolute atomic E-state index is 5.68. The first-order valence-electron chi connectivity index (χ1n) is 6.56. The van der Waals surface area contributed by atoms with E-state index in [9.17, 15) is 0 Å². The standard InChI is InChI=1S/C15H23NO/c1-13(2)17-9-8-15(11-16-12-15)10-14-6-4-3-5-7-14/h3-7,13,16H,8-12H2,1-2H3. The van der Waals surface area contributed by atoms with Crippen molar-refractivity contribution in [2.24, 2.45) is 5.41 Å². The van der Waals surface area contributed by atoms with E-state index in [-0.39, 0.29) is 0 Å². The highest BCUT2D eigenvalue weighted by molar-refractivity contribution is 5.18. The van der Waals surface area contributed by atoms with E-state index >= 15 is 0 Å². The molecular weight excluding hydrogens is 210 g/mol. The Morgan fingerprint density at radius 1 is 1.24 bits per heavy atom. The zero-order chi connectivity index (χ0) is 12.1. The van der Waals surface area contributed by atoms with Crippen molar-refractivity contribution in [3.05, 3.63) is 35.9 Å². The Morgan fingerprint density at radius 2 is 1.94 bits per heavy atom. The molecule has 1 N–H and O–H groups in total. The Balaban J connectivity index is 1.87. The summed E-state index contributed by atoms with van der Waals surface area (Å²) in [6.45, 7) is 7.34. The quantitative estimate of drug-likeness (QED) is 0.815. The van der Waals surface area contributed by atoms with Crippen molar-refractivity contribution in [3.8, 4) is 0 Å².